The van der Waals surface area contributed by atoms with Crippen LogP contribution in [0.15, 0.2) is 34.7 Å². The summed E-state index contributed by atoms with van der Waals surface area (Å²) in [6, 6.07) is 8.87. The summed E-state index contributed by atoms with van der Waals surface area (Å²) in [5, 5.41) is 2.76. The Morgan fingerprint density at radius 2 is 2.00 bits per heavy atom. The van der Waals surface area contributed by atoms with Gasteiger partial charge in [0.25, 0.3) is 5.91 Å². The lowest BCUT2D eigenvalue weighted by atomic mass is 10.0. The van der Waals surface area contributed by atoms with Gasteiger partial charge in [0.05, 0.1) is 13.2 Å². The standard InChI is InChI=1S/C19H22N2O4/c1-12-7-8-18(25-12)17-11-24-10-9-21(17)19(23)15-5-4-6-16(13(15)2)20-14(3)22/h4-8,17H,9-11H2,1-3H3,(H,20,22). The number of ether oxygens (including phenoxy) is 1. The molecule has 6 heteroatoms. The molecule has 132 valence electrons. The zero-order valence-corrected chi connectivity index (χ0v) is 14.7. The van der Waals surface area contributed by atoms with Crippen LogP contribution in [0.1, 0.15) is 40.4 Å². The molecule has 1 aromatic heterocycles. The number of hydrogen-bond donors (Lipinski definition) is 1. The van der Waals surface area contributed by atoms with Crippen molar-refractivity contribution in [3.63, 3.8) is 0 Å². The molecule has 0 bridgehead atoms. The van der Waals surface area contributed by atoms with E-state index in [1.807, 2.05) is 26.0 Å². The summed E-state index contributed by atoms with van der Waals surface area (Å²) in [5.41, 5.74) is 1.97. The minimum Gasteiger partial charge on any atom is -0.464 e. The SMILES string of the molecule is CC(=O)Nc1cccc(C(=O)N2CCOCC2c2ccc(C)o2)c1C. The van der Waals surface area contributed by atoms with Gasteiger partial charge in [-0.1, -0.05) is 6.07 Å². The summed E-state index contributed by atoms with van der Waals surface area (Å²) >= 11 is 0. The number of morpholine rings is 1. The highest BCUT2D eigenvalue weighted by Gasteiger charge is 2.32. The van der Waals surface area contributed by atoms with Crippen LogP contribution >= 0.6 is 0 Å². The molecular weight excluding hydrogens is 320 g/mol. The van der Waals surface area contributed by atoms with Crippen LogP contribution in [0.5, 0.6) is 0 Å². The highest BCUT2D eigenvalue weighted by atomic mass is 16.5. The molecule has 2 amide bonds. The third-order valence-corrected chi connectivity index (χ3v) is 4.35. The first kappa shape index (κ1) is 17.2. The van der Waals surface area contributed by atoms with Gasteiger partial charge >= 0.3 is 0 Å². The van der Waals surface area contributed by atoms with Gasteiger partial charge in [0.2, 0.25) is 5.91 Å². The Morgan fingerprint density at radius 1 is 1.20 bits per heavy atom. The second kappa shape index (κ2) is 7.11. The third kappa shape index (κ3) is 3.58. The number of anilines is 1. The zero-order valence-electron chi connectivity index (χ0n) is 14.7. The summed E-state index contributed by atoms with van der Waals surface area (Å²) in [4.78, 5) is 26.3. The molecule has 1 aliphatic heterocycles. The molecule has 1 aromatic carbocycles. The van der Waals surface area contributed by atoms with Crippen molar-refractivity contribution in [3.8, 4) is 0 Å². The molecule has 0 spiro atoms. The average Bonchev–Trinajstić information content (AvgIpc) is 3.02. The highest BCUT2D eigenvalue weighted by Crippen LogP contribution is 2.29. The van der Waals surface area contributed by atoms with E-state index in [0.29, 0.717) is 31.0 Å². The Kier molecular flexibility index (Phi) is 4.90. The van der Waals surface area contributed by atoms with Crippen molar-refractivity contribution in [3.05, 3.63) is 53.0 Å². The number of furan rings is 1. The fourth-order valence-electron chi connectivity index (χ4n) is 3.06. The van der Waals surface area contributed by atoms with Crippen LogP contribution in [0, 0.1) is 13.8 Å². The van der Waals surface area contributed by atoms with E-state index in [1.165, 1.54) is 6.92 Å². The van der Waals surface area contributed by atoms with Crippen molar-refractivity contribution < 1.29 is 18.7 Å². The lowest BCUT2D eigenvalue weighted by Crippen LogP contribution is -2.43. The third-order valence-electron chi connectivity index (χ3n) is 4.35. The Bertz CT molecular complexity index is 796. The molecule has 1 atom stereocenters. The topological polar surface area (TPSA) is 71.8 Å². The van der Waals surface area contributed by atoms with Crippen molar-refractivity contribution in [1.29, 1.82) is 0 Å². The Hall–Kier alpha value is -2.60. The van der Waals surface area contributed by atoms with Crippen molar-refractivity contribution in [1.82, 2.24) is 4.90 Å². The van der Waals surface area contributed by atoms with Gasteiger partial charge in [-0.05, 0) is 43.7 Å². The molecular formula is C19H22N2O4. The van der Waals surface area contributed by atoms with E-state index in [0.717, 1.165) is 17.1 Å². The van der Waals surface area contributed by atoms with Crippen LogP contribution in [0.4, 0.5) is 5.69 Å². The quantitative estimate of drug-likeness (QED) is 0.930. The number of rotatable bonds is 3. The van der Waals surface area contributed by atoms with Crippen LogP contribution in [-0.4, -0.2) is 36.5 Å². The number of benzene rings is 1. The second-order valence-corrected chi connectivity index (χ2v) is 6.20. The van der Waals surface area contributed by atoms with Gasteiger partial charge in [-0.25, -0.2) is 0 Å². The smallest absolute Gasteiger partial charge is 0.254 e. The number of amides is 2. The largest absolute Gasteiger partial charge is 0.464 e. The lowest BCUT2D eigenvalue weighted by molar-refractivity contribution is -0.114. The number of carbonyl (C=O) groups excluding carboxylic acids is 2. The molecule has 1 N–H and O–H groups in total. The second-order valence-electron chi connectivity index (χ2n) is 6.20. The molecule has 1 fully saturated rings. The van der Waals surface area contributed by atoms with Gasteiger partial charge in [0.15, 0.2) is 0 Å². The maximum Gasteiger partial charge on any atom is 0.254 e. The number of nitrogens with zero attached hydrogens (tertiary/aromatic N) is 1. The first-order valence-electron chi connectivity index (χ1n) is 8.29. The minimum absolute atomic E-state index is 0.0907. The molecule has 2 aromatic rings. The lowest BCUT2D eigenvalue weighted by Gasteiger charge is -2.35. The maximum absolute atomic E-state index is 13.2. The van der Waals surface area contributed by atoms with Crippen molar-refractivity contribution >= 4 is 17.5 Å². The van der Waals surface area contributed by atoms with Crippen molar-refractivity contribution in [2.24, 2.45) is 0 Å². The van der Waals surface area contributed by atoms with Crippen LogP contribution < -0.4 is 5.32 Å². The number of carbonyl (C=O) groups is 2. The fraction of sp³-hybridized carbons (Fsp3) is 0.368. The van der Waals surface area contributed by atoms with Crippen LogP contribution in [0.25, 0.3) is 0 Å². The zero-order chi connectivity index (χ0) is 18.0. The summed E-state index contributed by atoms with van der Waals surface area (Å²) in [5.74, 6) is 1.27. The van der Waals surface area contributed by atoms with Gasteiger partial charge < -0.3 is 19.4 Å². The molecule has 25 heavy (non-hydrogen) atoms. The predicted molar refractivity (Wildman–Crippen MR) is 93.5 cm³/mol. The minimum atomic E-state index is -0.251. The van der Waals surface area contributed by atoms with E-state index in [-0.39, 0.29) is 17.9 Å². The van der Waals surface area contributed by atoms with Gasteiger partial charge in [0, 0.05) is 24.7 Å². The maximum atomic E-state index is 13.2. The van der Waals surface area contributed by atoms with Gasteiger partial charge in [-0.15, -0.1) is 0 Å². The van der Waals surface area contributed by atoms with E-state index in [9.17, 15) is 9.59 Å². The van der Waals surface area contributed by atoms with Gasteiger partial charge in [-0.3, -0.25) is 9.59 Å². The van der Waals surface area contributed by atoms with E-state index in [4.69, 9.17) is 9.15 Å². The van der Waals surface area contributed by atoms with Crippen LogP contribution in [-0.2, 0) is 9.53 Å². The summed E-state index contributed by atoms with van der Waals surface area (Å²) in [6.07, 6.45) is 0. The van der Waals surface area contributed by atoms with Crippen LogP contribution in [0.3, 0.4) is 0 Å². The molecule has 1 aliphatic rings. The first-order chi connectivity index (χ1) is 12.0. The average molecular weight is 342 g/mol. The Morgan fingerprint density at radius 3 is 2.68 bits per heavy atom. The molecule has 0 aliphatic carbocycles. The van der Waals surface area contributed by atoms with Crippen molar-refractivity contribution in [2.45, 2.75) is 26.8 Å². The number of hydrogen-bond acceptors (Lipinski definition) is 4. The van der Waals surface area contributed by atoms with E-state index >= 15 is 0 Å². The summed E-state index contributed by atoms with van der Waals surface area (Å²) < 4.78 is 11.3. The molecule has 1 saturated heterocycles. The summed E-state index contributed by atoms with van der Waals surface area (Å²) in [6.45, 7) is 6.55. The van der Waals surface area contributed by atoms with Crippen molar-refractivity contribution in [2.75, 3.05) is 25.1 Å². The Labute approximate surface area is 146 Å². The van der Waals surface area contributed by atoms with E-state index < -0.39 is 0 Å². The Balaban J connectivity index is 1.91. The molecule has 2 heterocycles. The van der Waals surface area contributed by atoms with Crippen LogP contribution in [0.2, 0.25) is 0 Å². The monoisotopic (exact) mass is 342 g/mol. The fourth-order valence-corrected chi connectivity index (χ4v) is 3.06. The number of aryl methyl sites for hydroxylation is 1. The predicted octanol–water partition coefficient (Wildman–Crippen LogP) is 3.07. The van der Waals surface area contributed by atoms with E-state index in [2.05, 4.69) is 5.32 Å². The highest BCUT2D eigenvalue weighted by molar-refractivity contribution is 5.99. The first-order valence-corrected chi connectivity index (χ1v) is 8.29. The molecule has 0 radical (unpaired) electrons. The molecule has 0 saturated carbocycles. The normalized spacial score (nSPS) is 17.4. The number of nitrogens with one attached hydrogen (secondary N) is 1. The summed E-state index contributed by atoms with van der Waals surface area (Å²) in [7, 11) is 0. The molecule has 6 nitrogen and oxygen atoms in total. The molecule has 1 unspecified atom stereocenters. The molecule has 3 rings (SSSR count). The van der Waals surface area contributed by atoms with E-state index in [1.54, 1.807) is 23.1 Å². The van der Waals surface area contributed by atoms with Gasteiger partial charge in [-0.2, -0.15) is 0 Å². The van der Waals surface area contributed by atoms with Gasteiger partial charge in [0.1, 0.15) is 17.6 Å².